The van der Waals surface area contributed by atoms with Crippen molar-refractivity contribution in [2.45, 2.75) is 0 Å². The van der Waals surface area contributed by atoms with Crippen LogP contribution in [0.25, 0.3) is 44.8 Å². The highest BCUT2D eigenvalue weighted by atomic mass is 19.1. The summed E-state index contributed by atoms with van der Waals surface area (Å²) in [6, 6.07) is 14.2. The second-order valence-electron chi connectivity index (χ2n) is 5.55. The highest BCUT2D eigenvalue weighted by Gasteiger charge is 2.17. The molecule has 0 aliphatic heterocycles. The van der Waals surface area contributed by atoms with Crippen LogP contribution in [0, 0.1) is 5.82 Å². The van der Waals surface area contributed by atoms with E-state index in [1.165, 1.54) is 12.1 Å². The van der Waals surface area contributed by atoms with Crippen molar-refractivity contribution in [1.29, 1.82) is 0 Å². The molecule has 5 nitrogen and oxygen atoms in total. The van der Waals surface area contributed by atoms with Gasteiger partial charge in [0.1, 0.15) is 22.9 Å². The van der Waals surface area contributed by atoms with Crippen LogP contribution >= 0.6 is 0 Å². The number of para-hydroxylation sites is 1. The number of rotatable bonds is 2. The summed E-state index contributed by atoms with van der Waals surface area (Å²) in [5.41, 5.74) is 3.64. The average Bonchev–Trinajstić information content (AvgIpc) is 3.30. The molecule has 0 amide bonds. The molecule has 24 heavy (non-hydrogen) atoms. The van der Waals surface area contributed by atoms with Crippen LogP contribution in [0.3, 0.4) is 0 Å². The lowest BCUT2D eigenvalue weighted by atomic mass is 10.2. The fourth-order valence-electron chi connectivity index (χ4n) is 2.87. The molecule has 0 unspecified atom stereocenters. The van der Waals surface area contributed by atoms with Crippen LogP contribution in [0.4, 0.5) is 4.39 Å². The minimum atomic E-state index is -0.303. The zero-order valence-electron chi connectivity index (χ0n) is 12.4. The summed E-state index contributed by atoms with van der Waals surface area (Å²) in [5, 5.41) is 8.09. The fraction of sp³-hybridized carbons (Fsp3) is 0. The van der Waals surface area contributed by atoms with Gasteiger partial charge < -0.3 is 9.40 Å². The number of hydrogen-bond donors (Lipinski definition) is 2. The Bertz CT molecular complexity index is 1150. The molecule has 5 aromatic rings. The first-order valence-corrected chi connectivity index (χ1v) is 7.46. The van der Waals surface area contributed by atoms with E-state index < -0.39 is 0 Å². The molecule has 0 bridgehead atoms. The third-order valence-corrected chi connectivity index (χ3v) is 4.01. The summed E-state index contributed by atoms with van der Waals surface area (Å²) in [6.07, 6.45) is 1.68. The smallest absolute Gasteiger partial charge is 0.153 e. The topological polar surface area (TPSA) is 70.5 Å². The Morgan fingerprint density at radius 1 is 1.04 bits per heavy atom. The number of nitrogens with one attached hydrogen (secondary N) is 2. The minimum Gasteiger partial charge on any atom is -0.454 e. The molecule has 0 atom stereocenters. The largest absolute Gasteiger partial charge is 0.454 e. The Balaban J connectivity index is 1.68. The van der Waals surface area contributed by atoms with Crippen LogP contribution in [-0.4, -0.2) is 20.2 Å². The Morgan fingerprint density at radius 2 is 1.96 bits per heavy atom. The van der Waals surface area contributed by atoms with Crippen molar-refractivity contribution in [3.8, 4) is 22.8 Å². The Kier molecular flexibility index (Phi) is 2.61. The van der Waals surface area contributed by atoms with Gasteiger partial charge >= 0.3 is 0 Å². The average molecular weight is 318 g/mol. The summed E-state index contributed by atoms with van der Waals surface area (Å²) in [5.74, 6) is 0.984. The monoisotopic (exact) mass is 318 g/mol. The van der Waals surface area contributed by atoms with Gasteiger partial charge in [-0.15, -0.1) is 0 Å². The normalized spacial score (nSPS) is 11.5. The molecule has 2 aromatic carbocycles. The minimum absolute atomic E-state index is 0.303. The van der Waals surface area contributed by atoms with Gasteiger partial charge in [0.25, 0.3) is 0 Å². The molecule has 0 aliphatic carbocycles. The molecule has 6 heteroatoms. The van der Waals surface area contributed by atoms with Crippen LogP contribution < -0.4 is 0 Å². The zero-order valence-corrected chi connectivity index (χ0v) is 12.4. The van der Waals surface area contributed by atoms with E-state index in [2.05, 4.69) is 20.2 Å². The molecule has 0 saturated carbocycles. The van der Waals surface area contributed by atoms with E-state index in [1.807, 2.05) is 30.3 Å². The number of benzene rings is 2. The van der Waals surface area contributed by atoms with Gasteiger partial charge in [-0.05, 0) is 30.3 Å². The quantitative estimate of drug-likeness (QED) is 0.503. The summed E-state index contributed by atoms with van der Waals surface area (Å²) >= 11 is 0. The first-order chi connectivity index (χ1) is 11.8. The highest BCUT2D eigenvalue weighted by Crippen LogP contribution is 2.33. The van der Waals surface area contributed by atoms with Crippen LogP contribution in [0.15, 0.2) is 59.1 Å². The van der Waals surface area contributed by atoms with Gasteiger partial charge in [0.2, 0.25) is 0 Å². The van der Waals surface area contributed by atoms with Gasteiger partial charge in [-0.25, -0.2) is 9.37 Å². The van der Waals surface area contributed by atoms with Crippen molar-refractivity contribution in [2.75, 3.05) is 0 Å². The van der Waals surface area contributed by atoms with Crippen LogP contribution in [0.1, 0.15) is 0 Å². The number of fused-ring (bicyclic) bond motifs is 2. The molecule has 0 spiro atoms. The number of halogens is 1. The summed E-state index contributed by atoms with van der Waals surface area (Å²) in [7, 11) is 0. The number of imidazole rings is 1. The number of nitrogens with zero attached hydrogens (tertiary/aromatic N) is 2. The molecule has 2 N–H and O–H groups in total. The van der Waals surface area contributed by atoms with E-state index in [4.69, 9.17) is 4.42 Å². The van der Waals surface area contributed by atoms with Gasteiger partial charge in [-0.3, -0.25) is 5.10 Å². The highest BCUT2D eigenvalue weighted by molar-refractivity contribution is 5.87. The molecular formula is C18H11FN4O. The van der Waals surface area contributed by atoms with Gasteiger partial charge in [-0.1, -0.05) is 18.2 Å². The molecule has 0 saturated heterocycles. The van der Waals surface area contributed by atoms with Gasteiger partial charge in [0.05, 0.1) is 22.8 Å². The van der Waals surface area contributed by atoms with Gasteiger partial charge in [0.15, 0.2) is 5.76 Å². The summed E-state index contributed by atoms with van der Waals surface area (Å²) in [4.78, 5) is 7.64. The first-order valence-electron chi connectivity index (χ1n) is 7.46. The molecule has 0 fully saturated rings. The molecular weight excluding hydrogens is 307 g/mol. The molecule has 5 rings (SSSR count). The summed E-state index contributed by atoms with van der Waals surface area (Å²) < 4.78 is 19.3. The van der Waals surface area contributed by atoms with Gasteiger partial charge in [-0.2, -0.15) is 5.10 Å². The molecule has 3 aromatic heterocycles. The fourth-order valence-corrected chi connectivity index (χ4v) is 2.87. The van der Waals surface area contributed by atoms with Crippen molar-refractivity contribution in [1.82, 2.24) is 20.2 Å². The Hall–Kier alpha value is -3.41. The third kappa shape index (κ3) is 1.93. The number of furan rings is 1. The van der Waals surface area contributed by atoms with E-state index >= 15 is 0 Å². The van der Waals surface area contributed by atoms with E-state index in [9.17, 15) is 4.39 Å². The Morgan fingerprint density at radius 3 is 2.88 bits per heavy atom. The Labute approximate surface area is 135 Å². The van der Waals surface area contributed by atoms with Crippen molar-refractivity contribution in [3.05, 3.63) is 60.5 Å². The molecule has 0 radical (unpaired) electrons. The third-order valence-electron chi connectivity index (χ3n) is 4.01. The van der Waals surface area contributed by atoms with Crippen molar-refractivity contribution < 1.29 is 8.81 Å². The molecule has 0 aliphatic rings. The number of hydrogen-bond acceptors (Lipinski definition) is 3. The first kappa shape index (κ1) is 13.1. The predicted octanol–water partition coefficient (Wildman–Crippen LogP) is 4.51. The van der Waals surface area contributed by atoms with E-state index in [0.29, 0.717) is 22.6 Å². The maximum Gasteiger partial charge on any atom is 0.153 e. The maximum atomic E-state index is 13.4. The predicted molar refractivity (Wildman–Crippen MR) is 88.8 cm³/mol. The van der Waals surface area contributed by atoms with Crippen molar-refractivity contribution in [2.24, 2.45) is 0 Å². The van der Waals surface area contributed by atoms with Crippen LogP contribution in [-0.2, 0) is 0 Å². The van der Waals surface area contributed by atoms with E-state index in [-0.39, 0.29) is 5.82 Å². The van der Waals surface area contributed by atoms with E-state index in [1.54, 1.807) is 12.3 Å². The number of aromatic amines is 2. The van der Waals surface area contributed by atoms with Crippen molar-refractivity contribution in [3.63, 3.8) is 0 Å². The standard InChI is InChI=1S/C18H11FN4O/c19-11-5-6-13-14(8-11)22-18(21-13)12-9-20-23-17(12)16-7-10-3-1-2-4-15(10)24-16/h1-9H,(H,20,23)(H,21,22). The lowest BCUT2D eigenvalue weighted by Gasteiger charge is -1.96. The SMILES string of the molecule is Fc1ccc2nc(-c3cn[nH]c3-c3cc4ccccc4o3)[nH]c2c1. The molecule has 3 heterocycles. The summed E-state index contributed by atoms with van der Waals surface area (Å²) in [6.45, 7) is 0. The van der Waals surface area contributed by atoms with Crippen LogP contribution in [0.2, 0.25) is 0 Å². The number of aromatic nitrogens is 4. The van der Waals surface area contributed by atoms with Crippen molar-refractivity contribution >= 4 is 22.0 Å². The second kappa shape index (κ2) is 4.79. The maximum absolute atomic E-state index is 13.4. The number of H-pyrrole nitrogens is 2. The van der Waals surface area contributed by atoms with Crippen LogP contribution in [0.5, 0.6) is 0 Å². The van der Waals surface area contributed by atoms with E-state index in [0.717, 1.165) is 22.2 Å². The molecule has 116 valence electrons. The lowest BCUT2D eigenvalue weighted by Crippen LogP contribution is -1.82. The zero-order chi connectivity index (χ0) is 16.1. The lowest BCUT2D eigenvalue weighted by molar-refractivity contribution is 0.628. The second-order valence-corrected chi connectivity index (χ2v) is 5.55. The van der Waals surface area contributed by atoms with Gasteiger partial charge in [0, 0.05) is 5.39 Å².